The van der Waals surface area contributed by atoms with Gasteiger partial charge in [0, 0.05) is 11.8 Å². The fourth-order valence-electron chi connectivity index (χ4n) is 2.40. The van der Waals surface area contributed by atoms with E-state index in [0.717, 1.165) is 11.1 Å². The zero-order chi connectivity index (χ0) is 18.4. The molecule has 0 radical (unpaired) electrons. The van der Waals surface area contributed by atoms with E-state index in [4.69, 9.17) is 4.74 Å². The highest BCUT2D eigenvalue weighted by Gasteiger charge is 2.29. The first-order chi connectivity index (χ1) is 11.7. The van der Waals surface area contributed by atoms with Crippen molar-refractivity contribution in [3.05, 3.63) is 35.4 Å². The Balaban J connectivity index is 1.69. The molecule has 8 heteroatoms. The van der Waals surface area contributed by atoms with Crippen molar-refractivity contribution in [1.82, 2.24) is 5.32 Å². The SMILES string of the molecule is Cc1ccc(CNC(=O)[C@H](C)OC(=O)CS[C@H]2CCS(=O)(=O)C2)cc1. The minimum atomic E-state index is -2.95. The first-order valence-electron chi connectivity index (χ1n) is 8.10. The lowest BCUT2D eigenvalue weighted by Gasteiger charge is -2.14. The molecule has 1 aliphatic rings. The number of thioether (sulfide) groups is 1. The van der Waals surface area contributed by atoms with Gasteiger partial charge in [-0.15, -0.1) is 11.8 Å². The molecular formula is C17H23NO5S2. The monoisotopic (exact) mass is 385 g/mol. The van der Waals surface area contributed by atoms with Crippen LogP contribution in [0.5, 0.6) is 0 Å². The van der Waals surface area contributed by atoms with Crippen molar-refractivity contribution in [1.29, 1.82) is 0 Å². The highest BCUT2D eigenvalue weighted by molar-refractivity contribution is 8.02. The maximum Gasteiger partial charge on any atom is 0.316 e. The summed E-state index contributed by atoms with van der Waals surface area (Å²) in [5, 5.41) is 2.66. The molecule has 138 valence electrons. The quantitative estimate of drug-likeness (QED) is 0.715. The van der Waals surface area contributed by atoms with E-state index in [9.17, 15) is 18.0 Å². The van der Waals surface area contributed by atoms with Crippen LogP contribution in [0.1, 0.15) is 24.5 Å². The number of benzene rings is 1. The zero-order valence-electron chi connectivity index (χ0n) is 14.4. The van der Waals surface area contributed by atoms with E-state index >= 15 is 0 Å². The minimum absolute atomic E-state index is 0.0514. The first kappa shape index (κ1) is 19.8. The summed E-state index contributed by atoms with van der Waals surface area (Å²) < 4.78 is 27.9. The molecule has 0 bridgehead atoms. The van der Waals surface area contributed by atoms with Gasteiger partial charge in [-0.05, 0) is 25.8 Å². The van der Waals surface area contributed by atoms with Gasteiger partial charge in [0.15, 0.2) is 15.9 Å². The van der Waals surface area contributed by atoms with Crippen LogP contribution in [0.4, 0.5) is 0 Å². The lowest BCUT2D eigenvalue weighted by atomic mass is 10.1. The number of aryl methyl sites for hydroxylation is 1. The standard InChI is InChI=1S/C17H23NO5S2/c1-12-3-5-14(6-4-12)9-18-17(20)13(2)23-16(19)10-24-15-7-8-25(21,22)11-15/h3-6,13,15H,7-11H2,1-2H3,(H,18,20)/t13-,15-/m0/s1. The highest BCUT2D eigenvalue weighted by Crippen LogP contribution is 2.24. The van der Waals surface area contributed by atoms with E-state index in [2.05, 4.69) is 5.32 Å². The molecule has 0 spiro atoms. The number of hydrogen-bond donors (Lipinski definition) is 1. The van der Waals surface area contributed by atoms with Gasteiger partial charge in [-0.2, -0.15) is 0 Å². The number of esters is 1. The Hall–Kier alpha value is -1.54. The minimum Gasteiger partial charge on any atom is -0.452 e. The van der Waals surface area contributed by atoms with E-state index in [1.807, 2.05) is 31.2 Å². The average Bonchev–Trinajstić information content (AvgIpc) is 2.91. The van der Waals surface area contributed by atoms with Gasteiger partial charge < -0.3 is 10.1 Å². The van der Waals surface area contributed by atoms with E-state index in [1.54, 1.807) is 0 Å². The van der Waals surface area contributed by atoms with Crippen molar-refractivity contribution in [3.8, 4) is 0 Å². The maximum absolute atomic E-state index is 12.0. The smallest absolute Gasteiger partial charge is 0.316 e. The fourth-order valence-corrected chi connectivity index (χ4v) is 5.83. The van der Waals surface area contributed by atoms with Gasteiger partial charge in [0.1, 0.15) is 0 Å². The van der Waals surface area contributed by atoms with Crippen molar-refractivity contribution in [3.63, 3.8) is 0 Å². The van der Waals surface area contributed by atoms with Crippen molar-refractivity contribution in [2.75, 3.05) is 17.3 Å². The molecule has 0 unspecified atom stereocenters. The molecule has 1 saturated heterocycles. The molecule has 1 heterocycles. The van der Waals surface area contributed by atoms with Crippen molar-refractivity contribution >= 4 is 33.5 Å². The Kier molecular flexibility index (Phi) is 6.89. The van der Waals surface area contributed by atoms with Gasteiger partial charge in [0.2, 0.25) is 0 Å². The van der Waals surface area contributed by atoms with Crippen LogP contribution in [-0.4, -0.2) is 48.9 Å². The molecule has 0 aliphatic carbocycles. The Morgan fingerprint density at radius 1 is 1.32 bits per heavy atom. The Labute approximate surface area is 152 Å². The van der Waals surface area contributed by atoms with Crippen LogP contribution < -0.4 is 5.32 Å². The van der Waals surface area contributed by atoms with Crippen LogP contribution in [0.15, 0.2) is 24.3 Å². The summed E-state index contributed by atoms with van der Waals surface area (Å²) in [5.41, 5.74) is 2.11. The lowest BCUT2D eigenvalue weighted by molar-refractivity contribution is -0.152. The molecule has 6 nitrogen and oxygen atoms in total. The number of carbonyl (C=O) groups is 2. The van der Waals surface area contributed by atoms with E-state index in [1.165, 1.54) is 18.7 Å². The number of sulfone groups is 1. The predicted molar refractivity (Wildman–Crippen MR) is 98.1 cm³/mol. The van der Waals surface area contributed by atoms with Crippen LogP contribution in [0.2, 0.25) is 0 Å². The van der Waals surface area contributed by atoms with Gasteiger partial charge in [-0.25, -0.2) is 8.42 Å². The number of carbonyl (C=O) groups excluding carboxylic acids is 2. The molecule has 1 N–H and O–H groups in total. The Morgan fingerprint density at radius 3 is 2.60 bits per heavy atom. The Morgan fingerprint density at radius 2 is 2.00 bits per heavy atom. The van der Waals surface area contributed by atoms with E-state index in [0.29, 0.717) is 13.0 Å². The molecule has 2 rings (SSSR count). The summed E-state index contributed by atoms with van der Waals surface area (Å²) in [7, 11) is -2.95. The predicted octanol–water partition coefficient (Wildman–Crippen LogP) is 1.46. The third-order valence-electron chi connectivity index (χ3n) is 3.89. The number of ether oxygens (including phenoxy) is 1. The fraction of sp³-hybridized carbons (Fsp3) is 0.529. The van der Waals surface area contributed by atoms with Gasteiger partial charge in [-0.3, -0.25) is 9.59 Å². The molecule has 1 amide bonds. The number of rotatable bonds is 7. The summed E-state index contributed by atoms with van der Waals surface area (Å²) in [5.74, 6) is -0.528. The van der Waals surface area contributed by atoms with E-state index in [-0.39, 0.29) is 28.4 Å². The van der Waals surface area contributed by atoms with Crippen molar-refractivity contribution in [2.45, 2.75) is 38.2 Å². The van der Waals surface area contributed by atoms with Crippen LogP contribution in [0, 0.1) is 6.92 Å². The second kappa shape index (κ2) is 8.71. The molecule has 2 atom stereocenters. The Bertz CT molecular complexity index is 715. The topological polar surface area (TPSA) is 89.5 Å². The van der Waals surface area contributed by atoms with Crippen molar-refractivity contribution < 1.29 is 22.7 Å². The second-order valence-electron chi connectivity index (χ2n) is 6.17. The average molecular weight is 386 g/mol. The first-order valence-corrected chi connectivity index (χ1v) is 11.0. The summed E-state index contributed by atoms with van der Waals surface area (Å²) in [4.78, 5) is 23.8. The zero-order valence-corrected chi connectivity index (χ0v) is 16.0. The number of amides is 1. The molecule has 25 heavy (non-hydrogen) atoms. The van der Waals surface area contributed by atoms with Crippen LogP contribution in [0.3, 0.4) is 0 Å². The number of hydrogen-bond acceptors (Lipinski definition) is 6. The van der Waals surface area contributed by atoms with Crippen LogP contribution >= 0.6 is 11.8 Å². The summed E-state index contributed by atoms with van der Waals surface area (Å²) >= 11 is 1.27. The van der Waals surface area contributed by atoms with Gasteiger partial charge in [0.25, 0.3) is 5.91 Å². The van der Waals surface area contributed by atoms with Gasteiger partial charge in [-0.1, -0.05) is 29.8 Å². The third kappa shape index (κ3) is 6.70. The molecule has 0 saturated carbocycles. The van der Waals surface area contributed by atoms with Crippen molar-refractivity contribution in [2.24, 2.45) is 0 Å². The summed E-state index contributed by atoms with van der Waals surface area (Å²) in [6.45, 7) is 3.88. The third-order valence-corrected chi connectivity index (χ3v) is 7.15. The molecule has 1 aromatic carbocycles. The highest BCUT2D eigenvalue weighted by atomic mass is 32.2. The largest absolute Gasteiger partial charge is 0.452 e. The normalized spacial score (nSPS) is 20.0. The van der Waals surface area contributed by atoms with Gasteiger partial charge in [0.05, 0.1) is 17.3 Å². The van der Waals surface area contributed by atoms with Gasteiger partial charge >= 0.3 is 5.97 Å². The van der Waals surface area contributed by atoms with Crippen LogP contribution in [-0.2, 0) is 30.7 Å². The molecule has 1 aromatic rings. The number of nitrogens with one attached hydrogen (secondary N) is 1. The molecule has 0 aromatic heterocycles. The molecule has 1 fully saturated rings. The molecule has 1 aliphatic heterocycles. The second-order valence-corrected chi connectivity index (χ2v) is 9.69. The molecular weight excluding hydrogens is 362 g/mol. The van der Waals surface area contributed by atoms with E-state index < -0.39 is 21.9 Å². The van der Waals surface area contributed by atoms with Crippen LogP contribution in [0.25, 0.3) is 0 Å². The maximum atomic E-state index is 12.0. The summed E-state index contributed by atoms with van der Waals surface area (Å²) in [6.07, 6.45) is -0.321. The lowest BCUT2D eigenvalue weighted by Crippen LogP contribution is -2.35. The summed E-state index contributed by atoms with van der Waals surface area (Å²) in [6, 6.07) is 7.79.